The molecule has 0 saturated heterocycles. The first-order chi connectivity index (χ1) is 9.89. The third kappa shape index (κ3) is 3.99. The van der Waals surface area contributed by atoms with E-state index < -0.39 is 5.41 Å². The lowest BCUT2D eigenvalue weighted by Crippen LogP contribution is -2.45. The van der Waals surface area contributed by atoms with Gasteiger partial charge in [0.1, 0.15) is 0 Å². The lowest BCUT2D eigenvalue weighted by atomic mass is 9.83. The zero-order valence-electron chi connectivity index (χ0n) is 13.5. The van der Waals surface area contributed by atoms with Gasteiger partial charge in [0.2, 0.25) is 5.91 Å². The lowest BCUT2D eigenvalue weighted by Gasteiger charge is -2.27. The Labute approximate surface area is 128 Å². The normalized spacial score (nSPS) is 23.4. The number of benzene rings is 1. The number of anilines is 1. The summed E-state index contributed by atoms with van der Waals surface area (Å²) < 4.78 is 0. The van der Waals surface area contributed by atoms with Crippen LogP contribution in [0.15, 0.2) is 24.3 Å². The van der Waals surface area contributed by atoms with Crippen LogP contribution in [-0.4, -0.2) is 11.9 Å². The Hall–Kier alpha value is -1.51. The quantitative estimate of drug-likeness (QED) is 0.659. The van der Waals surface area contributed by atoms with Gasteiger partial charge in [-0.05, 0) is 56.7 Å². The molecule has 1 aromatic rings. The van der Waals surface area contributed by atoms with Gasteiger partial charge in [-0.1, -0.05) is 31.9 Å². The second-order valence-electron chi connectivity index (χ2n) is 7.03. The standard InChI is InChI=1S/C18H28N2O/c1-13-5-4-6-16(12-7-13)20-17(21)18(2,3)14-8-10-15(19)11-9-14/h8-11,13,16H,4-7,12,19H2,1-3H3,(H,20,21). The highest BCUT2D eigenvalue weighted by atomic mass is 16.2. The molecule has 2 rings (SSSR count). The predicted molar refractivity (Wildman–Crippen MR) is 88.1 cm³/mol. The van der Waals surface area contributed by atoms with Crippen LogP contribution >= 0.6 is 0 Å². The van der Waals surface area contributed by atoms with Crippen LogP contribution in [0.4, 0.5) is 5.69 Å². The summed E-state index contributed by atoms with van der Waals surface area (Å²) in [5.74, 6) is 0.906. The number of nitrogens with two attached hydrogens (primary N) is 1. The summed E-state index contributed by atoms with van der Waals surface area (Å²) in [4.78, 5) is 12.7. The van der Waals surface area contributed by atoms with Gasteiger partial charge in [0, 0.05) is 11.7 Å². The molecule has 116 valence electrons. The molecule has 3 N–H and O–H groups in total. The molecule has 2 unspecified atom stereocenters. The maximum atomic E-state index is 12.7. The Balaban J connectivity index is 2.02. The fourth-order valence-electron chi connectivity index (χ4n) is 3.03. The Morgan fingerprint density at radius 2 is 1.81 bits per heavy atom. The van der Waals surface area contributed by atoms with E-state index >= 15 is 0 Å². The predicted octanol–water partition coefficient (Wildman–Crippen LogP) is 3.63. The minimum Gasteiger partial charge on any atom is -0.399 e. The largest absolute Gasteiger partial charge is 0.399 e. The highest BCUT2D eigenvalue weighted by Crippen LogP contribution is 2.27. The van der Waals surface area contributed by atoms with Gasteiger partial charge in [-0.15, -0.1) is 0 Å². The first kappa shape index (κ1) is 15.9. The van der Waals surface area contributed by atoms with Gasteiger partial charge < -0.3 is 11.1 Å². The fraction of sp³-hybridized carbons (Fsp3) is 0.611. The number of nitrogens with one attached hydrogen (secondary N) is 1. The van der Waals surface area contributed by atoms with E-state index in [0.29, 0.717) is 6.04 Å². The summed E-state index contributed by atoms with van der Waals surface area (Å²) >= 11 is 0. The summed E-state index contributed by atoms with van der Waals surface area (Å²) in [6.07, 6.45) is 5.92. The van der Waals surface area contributed by atoms with Crippen molar-refractivity contribution in [2.45, 2.75) is 64.3 Å². The van der Waals surface area contributed by atoms with Gasteiger partial charge in [0.05, 0.1) is 5.41 Å². The monoisotopic (exact) mass is 288 g/mol. The van der Waals surface area contributed by atoms with Crippen molar-refractivity contribution in [2.75, 3.05) is 5.73 Å². The van der Waals surface area contributed by atoms with Crippen LogP contribution in [-0.2, 0) is 10.2 Å². The molecule has 1 amide bonds. The molecule has 1 aliphatic rings. The number of carbonyl (C=O) groups excluding carboxylic acids is 1. The summed E-state index contributed by atoms with van der Waals surface area (Å²) in [5, 5.41) is 3.26. The smallest absolute Gasteiger partial charge is 0.230 e. The molecule has 0 aliphatic heterocycles. The molecular weight excluding hydrogens is 260 g/mol. The van der Waals surface area contributed by atoms with Gasteiger partial charge in [0.25, 0.3) is 0 Å². The van der Waals surface area contributed by atoms with E-state index in [1.165, 1.54) is 19.3 Å². The fourth-order valence-corrected chi connectivity index (χ4v) is 3.03. The van der Waals surface area contributed by atoms with E-state index in [4.69, 9.17) is 5.73 Å². The Bertz CT molecular complexity index is 478. The molecule has 21 heavy (non-hydrogen) atoms. The molecule has 1 fully saturated rings. The molecule has 0 bridgehead atoms. The number of nitrogen functional groups attached to an aromatic ring is 1. The zero-order chi connectivity index (χ0) is 15.5. The van der Waals surface area contributed by atoms with Crippen LogP contribution in [0.2, 0.25) is 0 Å². The highest BCUT2D eigenvalue weighted by Gasteiger charge is 2.31. The van der Waals surface area contributed by atoms with Gasteiger partial charge in [-0.25, -0.2) is 0 Å². The SMILES string of the molecule is CC1CCCC(NC(=O)C(C)(C)c2ccc(N)cc2)CC1. The van der Waals surface area contributed by atoms with Crippen LogP contribution in [0.1, 0.15) is 58.4 Å². The molecule has 0 radical (unpaired) electrons. The van der Waals surface area contributed by atoms with E-state index in [-0.39, 0.29) is 5.91 Å². The van der Waals surface area contributed by atoms with Crippen molar-refractivity contribution in [3.05, 3.63) is 29.8 Å². The molecule has 1 aromatic carbocycles. The first-order valence-corrected chi connectivity index (χ1v) is 8.06. The molecular formula is C18H28N2O. The van der Waals surface area contributed by atoms with Crippen LogP contribution in [0, 0.1) is 5.92 Å². The number of amides is 1. The number of hydrogen-bond donors (Lipinski definition) is 2. The third-order valence-corrected chi connectivity index (χ3v) is 4.79. The van der Waals surface area contributed by atoms with Crippen molar-refractivity contribution in [2.24, 2.45) is 5.92 Å². The van der Waals surface area contributed by atoms with Crippen LogP contribution in [0.3, 0.4) is 0 Å². The van der Waals surface area contributed by atoms with Crippen molar-refractivity contribution < 1.29 is 4.79 Å². The van der Waals surface area contributed by atoms with E-state index in [1.807, 2.05) is 38.1 Å². The van der Waals surface area contributed by atoms with Gasteiger partial charge in [0.15, 0.2) is 0 Å². The first-order valence-electron chi connectivity index (χ1n) is 8.06. The molecule has 0 spiro atoms. The molecule has 0 heterocycles. The third-order valence-electron chi connectivity index (χ3n) is 4.79. The lowest BCUT2D eigenvalue weighted by molar-refractivity contribution is -0.126. The minimum absolute atomic E-state index is 0.117. The van der Waals surface area contributed by atoms with Crippen molar-refractivity contribution in [1.29, 1.82) is 0 Å². The summed E-state index contributed by atoms with van der Waals surface area (Å²) in [6.45, 7) is 6.27. The van der Waals surface area contributed by atoms with E-state index in [1.54, 1.807) is 0 Å². The topological polar surface area (TPSA) is 55.1 Å². The molecule has 3 heteroatoms. The van der Waals surface area contributed by atoms with E-state index in [0.717, 1.165) is 30.0 Å². The molecule has 3 nitrogen and oxygen atoms in total. The van der Waals surface area contributed by atoms with Crippen molar-refractivity contribution >= 4 is 11.6 Å². The van der Waals surface area contributed by atoms with Crippen LogP contribution in [0.5, 0.6) is 0 Å². The van der Waals surface area contributed by atoms with Gasteiger partial charge in [-0.3, -0.25) is 4.79 Å². The number of hydrogen-bond acceptors (Lipinski definition) is 2. The summed E-state index contributed by atoms with van der Waals surface area (Å²) in [5.41, 5.74) is 6.94. The van der Waals surface area contributed by atoms with Gasteiger partial charge >= 0.3 is 0 Å². The van der Waals surface area contributed by atoms with Crippen molar-refractivity contribution in [1.82, 2.24) is 5.32 Å². The second-order valence-corrected chi connectivity index (χ2v) is 7.03. The molecule has 1 saturated carbocycles. The Morgan fingerprint density at radius 1 is 1.14 bits per heavy atom. The van der Waals surface area contributed by atoms with Crippen LogP contribution in [0.25, 0.3) is 0 Å². The second kappa shape index (κ2) is 6.50. The number of carbonyl (C=O) groups is 1. The maximum Gasteiger partial charge on any atom is 0.230 e. The van der Waals surface area contributed by atoms with E-state index in [9.17, 15) is 4.79 Å². The van der Waals surface area contributed by atoms with E-state index in [2.05, 4.69) is 12.2 Å². The molecule has 2 atom stereocenters. The average molecular weight is 288 g/mol. The molecule has 0 aromatic heterocycles. The molecule has 1 aliphatic carbocycles. The number of rotatable bonds is 3. The summed E-state index contributed by atoms with van der Waals surface area (Å²) in [6, 6.07) is 7.94. The van der Waals surface area contributed by atoms with Crippen LogP contribution < -0.4 is 11.1 Å². The zero-order valence-corrected chi connectivity index (χ0v) is 13.5. The maximum absolute atomic E-state index is 12.7. The van der Waals surface area contributed by atoms with Crippen molar-refractivity contribution in [3.63, 3.8) is 0 Å². The minimum atomic E-state index is -0.522. The van der Waals surface area contributed by atoms with Crippen molar-refractivity contribution in [3.8, 4) is 0 Å². The highest BCUT2D eigenvalue weighted by molar-refractivity contribution is 5.87. The Kier molecular flexibility index (Phi) is 4.92. The summed E-state index contributed by atoms with van der Waals surface area (Å²) in [7, 11) is 0. The van der Waals surface area contributed by atoms with Gasteiger partial charge in [-0.2, -0.15) is 0 Å². The average Bonchev–Trinajstić information content (AvgIpc) is 2.64. The Morgan fingerprint density at radius 3 is 2.48 bits per heavy atom.